The van der Waals surface area contributed by atoms with Crippen LogP contribution >= 0.6 is 0 Å². The molecule has 1 atom stereocenters. The highest BCUT2D eigenvalue weighted by atomic mass is 16.5. The minimum Gasteiger partial charge on any atom is -0.496 e. The van der Waals surface area contributed by atoms with Crippen molar-refractivity contribution in [2.45, 2.75) is 32.7 Å². The summed E-state index contributed by atoms with van der Waals surface area (Å²) in [5.74, 6) is 0.899. The van der Waals surface area contributed by atoms with Crippen molar-refractivity contribution in [3.63, 3.8) is 0 Å². The molecule has 0 fully saturated rings. The quantitative estimate of drug-likeness (QED) is 0.595. The fourth-order valence-corrected chi connectivity index (χ4v) is 3.42. The number of ether oxygens (including phenoxy) is 1. The molecule has 3 heteroatoms. The summed E-state index contributed by atoms with van der Waals surface area (Å²) in [6.45, 7) is 4.10. The van der Waals surface area contributed by atoms with Crippen molar-refractivity contribution >= 4 is 5.91 Å². The summed E-state index contributed by atoms with van der Waals surface area (Å²) in [5, 5.41) is 3.16. The number of methoxy groups -OCH3 is 1. The Labute approximate surface area is 167 Å². The second kappa shape index (κ2) is 9.23. The Morgan fingerprint density at radius 3 is 2.25 bits per heavy atom. The van der Waals surface area contributed by atoms with Gasteiger partial charge in [-0.05, 0) is 47.2 Å². The maximum Gasteiger partial charge on any atom is 0.224 e. The average molecular weight is 373 g/mol. The summed E-state index contributed by atoms with van der Waals surface area (Å²) >= 11 is 0. The van der Waals surface area contributed by atoms with Crippen LogP contribution in [-0.2, 0) is 11.2 Å². The second-order valence-corrected chi connectivity index (χ2v) is 7.00. The third kappa shape index (κ3) is 4.80. The average Bonchev–Trinajstić information content (AvgIpc) is 2.73. The maximum absolute atomic E-state index is 12.6. The highest BCUT2D eigenvalue weighted by Gasteiger charge is 2.14. The molecule has 0 saturated carbocycles. The molecule has 1 N–H and O–H groups in total. The Hall–Kier alpha value is -3.07. The number of aryl methyl sites for hydroxylation is 1. The van der Waals surface area contributed by atoms with Crippen LogP contribution in [-0.4, -0.2) is 13.0 Å². The van der Waals surface area contributed by atoms with Crippen LogP contribution in [0.4, 0.5) is 0 Å². The van der Waals surface area contributed by atoms with Crippen molar-refractivity contribution in [1.29, 1.82) is 0 Å². The first-order chi connectivity index (χ1) is 13.6. The summed E-state index contributed by atoms with van der Waals surface area (Å²) in [5.41, 5.74) is 5.53. The van der Waals surface area contributed by atoms with Gasteiger partial charge in [-0.25, -0.2) is 0 Å². The normalized spacial score (nSPS) is 11.7. The molecular weight excluding hydrogens is 346 g/mol. The Balaban J connectivity index is 1.64. The number of amides is 1. The summed E-state index contributed by atoms with van der Waals surface area (Å²) in [6, 6.07) is 24.5. The van der Waals surface area contributed by atoms with Crippen LogP contribution in [0.15, 0.2) is 72.8 Å². The molecule has 0 spiro atoms. The molecular formula is C25H27NO2. The standard InChI is InChI=1S/C25H27NO2/c1-4-23(22-14-15-24(28-3)18(2)16-22)26-25(27)17-19-10-12-21(13-11-19)20-8-6-5-7-9-20/h5-16,23H,4,17H2,1-3H3,(H,26,27)/t23-/m1/s1. The van der Waals surface area contributed by atoms with Gasteiger partial charge >= 0.3 is 0 Å². The lowest BCUT2D eigenvalue weighted by molar-refractivity contribution is -0.121. The number of carbonyl (C=O) groups is 1. The molecule has 0 bridgehead atoms. The van der Waals surface area contributed by atoms with Crippen molar-refractivity contribution in [3.8, 4) is 16.9 Å². The number of nitrogens with one attached hydrogen (secondary N) is 1. The molecule has 3 aromatic carbocycles. The van der Waals surface area contributed by atoms with E-state index < -0.39 is 0 Å². The van der Waals surface area contributed by atoms with Gasteiger partial charge in [-0.3, -0.25) is 4.79 Å². The molecule has 28 heavy (non-hydrogen) atoms. The molecule has 0 unspecified atom stereocenters. The largest absolute Gasteiger partial charge is 0.496 e. The molecule has 0 aliphatic rings. The lowest BCUT2D eigenvalue weighted by Crippen LogP contribution is -2.29. The van der Waals surface area contributed by atoms with Crippen molar-refractivity contribution < 1.29 is 9.53 Å². The monoisotopic (exact) mass is 373 g/mol. The first-order valence-corrected chi connectivity index (χ1v) is 9.69. The van der Waals surface area contributed by atoms with E-state index in [-0.39, 0.29) is 11.9 Å². The summed E-state index contributed by atoms with van der Waals surface area (Å²) < 4.78 is 5.33. The zero-order valence-corrected chi connectivity index (χ0v) is 16.7. The van der Waals surface area contributed by atoms with Gasteiger partial charge in [0.05, 0.1) is 19.6 Å². The molecule has 3 rings (SSSR count). The van der Waals surface area contributed by atoms with Crippen LogP contribution in [0.5, 0.6) is 5.75 Å². The topological polar surface area (TPSA) is 38.3 Å². The lowest BCUT2D eigenvalue weighted by Gasteiger charge is -2.19. The Bertz CT molecular complexity index is 917. The number of hydrogen-bond donors (Lipinski definition) is 1. The van der Waals surface area contributed by atoms with E-state index in [0.29, 0.717) is 6.42 Å². The van der Waals surface area contributed by atoms with Gasteiger partial charge in [0, 0.05) is 0 Å². The molecule has 144 valence electrons. The van der Waals surface area contributed by atoms with E-state index in [2.05, 4.69) is 42.6 Å². The Morgan fingerprint density at radius 1 is 0.964 bits per heavy atom. The molecule has 3 nitrogen and oxygen atoms in total. The minimum atomic E-state index is 0.000646. The van der Waals surface area contributed by atoms with Crippen LogP contribution in [0.3, 0.4) is 0 Å². The minimum absolute atomic E-state index is 0.000646. The van der Waals surface area contributed by atoms with Gasteiger partial charge in [-0.15, -0.1) is 0 Å². The van der Waals surface area contributed by atoms with Crippen LogP contribution in [0.1, 0.15) is 36.1 Å². The van der Waals surface area contributed by atoms with Crippen molar-refractivity contribution in [3.05, 3.63) is 89.5 Å². The molecule has 0 heterocycles. The summed E-state index contributed by atoms with van der Waals surface area (Å²) in [4.78, 5) is 12.6. The van der Waals surface area contributed by atoms with E-state index in [4.69, 9.17) is 4.74 Å². The highest BCUT2D eigenvalue weighted by Crippen LogP contribution is 2.24. The van der Waals surface area contributed by atoms with E-state index in [1.54, 1.807) is 7.11 Å². The molecule has 0 radical (unpaired) electrons. The van der Waals surface area contributed by atoms with E-state index in [9.17, 15) is 4.79 Å². The van der Waals surface area contributed by atoms with Crippen molar-refractivity contribution in [1.82, 2.24) is 5.32 Å². The maximum atomic E-state index is 12.6. The number of benzene rings is 3. The molecule has 0 saturated heterocycles. The van der Waals surface area contributed by atoms with Crippen LogP contribution in [0, 0.1) is 6.92 Å². The first kappa shape index (κ1) is 19.7. The number of hydrogen-bond acceptors (Lipinski definition) is 2. The van der Waals surface area contributed by atoms with Gasteiger partial charge in [-0.2, -0.15) is 0 Å². The van der Waals surface area contributed by atoms with E-state index >= 15 is 0 Å². The zero-order valence-electron chi connectivity index (χ0n) is 16.7. The second-order valence-electron chi connectivity index (χ2n) is 7.00. The molecule has 3 aromatic rings. The molecule has 0 aliphatic heterocycles. The van der Waals surface area contributed by atoms with Gasteiger partial charge in [0.1, 0.15) is 5.75 Å². The van der Waals surface area contributed by atoms with E-state index in [0.717, 1.165) is 34.4 Å². The van der Waals surface area contributed by atoms with Gasteiger partial charge < -0.3 is 10.1 Å². The first-order valence-electron chi connectivity index (χ1n) is 9.69. The predicted octanol–water partition coefficient (Wildman–Crippen LogP) is 5.48. The zero-order chi connectivity index (χ0) is 19.9. The highest BCUT2D eigenvalue weighted by molar-refractivity contribution is 5.79. The van der Waals surface area contributed by atoms with Crippen molar-refractivity contribution in [2.24, 2.45) is 0 Å². The summed E-state index contributed by atoms with van der Waals surface area (Å²) in [6.07, 6.45) is 1.21. The summed E-state index contributed by atoms with van der Waals surface area (Å²) in [7, 11) is 1.67. The van der Waals surface area contributed by atoms with Crippen molar-refractivity contribution in [2.75, 3.05) is 7.11 Å². The Kier molecular flexibility index (Phi) is 6.49. The van der Waals surface area contributed by atoms with Crippen LogP contribution < -0.4 is 10.1 Å². The van der Waals surface area contributed by atoms with Gasteiger partial charge in [-0.1, -0.05) is 73.7 Å². The van der Waals surface area contributed by atoms with Gasteiger partial charge in [0.25, 0.3) is 0 Å². The molecule has 0 aromatic heterocycles. The van der Waals surface area contributed by atoms with E-state index in [1.165, 1.54) is 5.56 Å². The third-order valence-electron chi connectivity index (χ3n) is 4.99. The van der Waals surface area contributed by atoms with Gasteiger partial charge in [0.15, 0.2) is 0 Å². The Morgan fingerprint density at radius 2 is 1.64 bits per heavy atom. The fourth-order valence-electron chi connectivity index (χ4n) is 3.42. The van der Waals surface area contributed by atoms with Crippen LogP contribution in [0.25, 0.3) is 11.1 Å². The third-order valence-corrected chi connectivity index (χ3v) is 4.99. The SMILES string of the molecule is CC[C@@H](NC(=O)Cc1ccc(-c2ccccc2)cc1)c1ccc(OC)c(C)c1. The number of rotatable bonds is 7. The smallest absolute Gasteiger partial charge is 0.224 e. The fraction of sp³-hybridized carbons (Fsp3) is 0.240. The van der Waals surface area contributed by atoms with E-state index in [1.807, 2.05) is 49.4 Å². The van der Waals surface area contributed by atoms with Gasteiger partial charge in [0.2, 0.25) is 5.91 Å². The number of carbonyl (C=O) groups excluding carboxylic acids is 1. The van der Waals surface area contributed by atoms with Crippen LogP contribution in [0.2, 0.25) is 0 Å². The lowest BCUT2D eigenvalue weighted by atomic mass is 10.0. The predicted molar refractivity (Wildman–Crippen MR) is 114 cm³/mol. The molecule has 1 amide bonds. The molecule has 0 aliphatic carbocycles.